The Morgan fingerprint density at radius 1 is 0.769 bits per heavy atom. The predicted octanol–water partition coefficient (Wildman–Crippen LogP) is 11.3. The van der Waals surface area contributed by atoms with Crippen LogP contribution in [0.4, 0.5) is 0 Å². The summed E-state index contributed by atoms with van der Waals surface area (Å²) in [7, 11) is 1.70. The van der Waals surface area contributed by atoms with E-state index in [2.05, 4.69) is 126 Å². The molecule has 7 heteroatoms. The van der Waals surface area contributed by atoms with Crippen molar-refractivity contribution >= 4 is 21.8 Å². The van der Waals surface area contributed by atoms with Gasteiger partial charge in [-0.1, -0.05) is 96.8 Å². The number of ether oxygens (including phenoxy) is 2. The van der Waals surface area contributed by atoms with E-state index in [-0.39, 0.29) is 31.9 Å². The Balaban J connectivity index is 0.00000464. The summed E-state index contributed by atoms with van der Waals surface area (Å²) in [6.07, 6.45) is 3.97. The number of hydrogen-bond donors (Lipinski definition) is 0. The van der Waals surface area contributed by atoms with Crippen LogP contribution in [0, 0.1) is 19.1 Å². The van der Waals surface area contributed by atoms with Crippen molar-refractivity contribution in [1.82, 2.24) is 19.3 Å². The number of methoxy groups -OCH3 is 1. The molecule has 7 rings (SSSR count). The van der Waals surface area contributed by atoms with Crippen LogP contribution < -0.4 is 9.47 Å². The van der Waals surface area contributed by atoms with Crippen molar-refractivity contribution in [3.8, 4) is 40.0 Å². The number of pyridine rings is 1. The SMILES string of the molecule is CCCc1ccnc(-n2c3[c-]c(Oc4[c-]c(-n5nc(C)c(-c6cc(C(C)(C)C)cc(C(C)(C)C)c6)c5OC)ccc4)ccc3c3ccccc32)c1.[Pt+2]. The van der Waals surface area contributed by atoms with Crippen molar-refractivity contribution in [2.75, 3.05) is 7.11 Å². The number of para-hydroxylation sites is 1. The van der Waals surface area contributed by atoms with E-state index in [1.165, 1.54) is 16.7 Å². The monoisotopic (exact) mass is 869 g/mol. The molecule has 0 amide bonds. The molecule has 0 fully saturated rings. The van der Waals surface area contributed by atoms with Gasteiger partial charge in [-0.15, -0.1) is 35.7 Å². The van der Waals surface area contributed by atoms with Crippen LogP contribution in [0.2, 0.25) is 0 Å². The maximum absolute atomic E-state index is 6.47. The van der Waals surface area contributed by atoms with E-state index in [1.807, 2.05) is 42.1 Å². The molecule has 0 aliphatic heterocycles. The number of hydrogen-bond acceptors (Lipinski definition) is 4. The van der Waals surface area contributed by atoms with Crippen LogP contribution in [0.1, 0.15) is 77.3 Å². The average molecular weight is 870 g/mol. The Kier molecular flexibility index (Phi) is 10.3. The van der Waals surface area contributed by atoms with Gasteiger partial charge in [-0.25, -0.2) is 9.67 Å². The largest absolute Gasteiger partial charge is 2.00 e. The molecule has 4 aromatic carbocycles. The maximum Gasteiger partial charge on any atom is 2.00 e. The third kappa shape index (κ3) is 7.06. The Labute approximate surface area is 322 Å². The second kappa shape index (κ2) is 14.4. The third-order valence-corrected chi connectivity index (χ3v) is 9.50. The normalized spacial score (nSPS) is 11.9. The molecule has 3 heterocycles. The topological polar surface area (TPSA) is 54.1 Å². The van der Waals surface area contributed by atoms with Crippen LogP contribution in [0.3, 0.4) is 0 Å². The molecule has 0 N–H and O–H groups in total. The van der Waals surface area contributed by atoms with E-state index in [0.717, 1.165) is 57.3 Å². The summed E-state index contributed by atoms with van der Waals surface area (Å²) in [6, 6.07) is 36.5. The van der Waals surface area contributed by atoms with Gasteiger partial charge in [0.15, 0.2) is 0 Å². The van der Waals surface area contributed by atoms with Crippen molar-refractivity contribution in [3.63, 3.8) is 0 Å². The van der Waals surface area contributed by atoms with Gasteiger partial charge >= 0.3 is 21.1 Å². The number of nitrogens with zero attached hydrogens (tertiary/aromatic N) is 4. The molecule has 0 radical (unpaired) electrons. The number of aryl methyl sites for hydroxylation is 2. The van der Waals surface area contributed by atoms with Crippen molar-refractivity contribution < 1.29 is 30.5 Å². The molecular formula is C45H46N4O2Pt. The number of benzene rings is 4. The van der Waals surface area contributed by atoms with Crippen LogP contribution in [-0.4, -0.2) is 26.4 Å². The summed E-state index contributed by atoms with van der Waals surface area (Å²) in [5.41, 5.74) is 9.42. The van der Waals surface area contributed by atoms with Gasteiger partial charge in [0.05, 0.1) is 18.4 Å². The van der Waals surface area contributed by atoms with Crippen molar-refractivity contribution in [3.05, 3.63) is 126 Å². The van der Waals surface area contributed by atoms with Gasteiger partial charge in [0.1, 0.15) is 5.82 Å². The van der Waals surface area contributed by atoms with Gasteiger partial charge in [-0.3, -0.25) is 0 Å². The molecule has 0 unspecified atom stereocenters. The summed E-state index contributed by atoms with van der Waals surface area (Å²) in [4.78, 5) is 4.78. The number of aromatic nitrogens is 4. The summed E-state index contributed by atoms with van der Waals surface area (Å²) >= 11 is 0. The molecule has 0 atom stereocenters. The van der Waals surface area contributed by atoms with Gasteiger partial charge < -0.3 is 14.0 Å². The molecule has 0 saturated carbocycles. The van der Waals surface area contributed by atoms with Crippen LogP contribution in [0.15, 0.2) is 91.1 Å². The zero-order chi connectivity index (χ0) is 36.1. The van der Waals surface area contributed by atoms with Gasteiger partial charge in [0.2, 0.25) is 5.88 Å². The van der Waals surface area contributed by atoms with Gasteiger partial charge in [0.25, 0.3) is 0 Å². The first-order valence-electron chi connectivity index (χ1n) is 17.8. The van der Waals surface area contributed by atoms with Crippen molar-refractivity contribution in [1.29, 1.82) is 0 Å². The van der Waals surface area contributed by atoms with E-state index < -0.39 is 0 Å². The molecule has 0 saturated heterocycles. The minimum Gasteiger partial charge on any atom is -0.509 e. The van der Waals surface area contributed by atoms with Crippen LogP contribution in [0.25, 0.3) is 44.4 Å². The number of fused-ring (bicyclic) bond motifs is 3. The average Bonchev–Trinajstić information content (AvgIpc) is 3.61. The Bertz CT molecular complexity index is 2360. The van der Waals surface area contributed by atoms with E-state index in [4.69, 9.17) is 19.6 Å². The zero-order valence-corrected chi connectivity index (χ0v) is 33.8. The number of rotatable bonds is 8. The quantitative estimate of drug-likeness (QED) is 0.143. The first kappa shape index (κ1) is 37.1. The second-order valence-corrected chi connectivity index (χ2v) is 15.4. The second-order valence-electron chi connectivity index (χ2n) is 15.4. The Hall–Kier alpha value is -4.67. The molecule has 0 bridgehead atoms. The van der Waals surface area contributed by atoms with Crippen LogP contribution in [-0.2, 0) is 38.3 Å². The van der Waals surface area contributed by atoms with Gasteiger partial charge in [-0.2, -0.15) is 17.2 Å². The van der Waals surface area contributed by atoms with E-state index >= 15 is 0 Å². The van der Waals surface area contributed by atoms with Crippen LogP contribution in [0.5, 0.6) is 17.4 Å². The van der Waals surface area contributed by atoms with Gasteiger partial charge in [0, 0.05) is 23.2 Å². The molecule has 7 aromatic rings. The molecule has 0 spiro atoms. The van der Waals surface area contributed by atoms with Crippen molar-refractivity contribution in [2.45, 2.75) is 79.1 Å². The summed E-state index contributed by atoms with van der Waals surface area (Å²) in [6.45, 7) is 17.7. The minimum absolute atomic E-state index is 0. The van der Waals surface area contributed by atoms with E-state index in [1.54, 1.807) is 7.11 Å². The molecule has 52 heavy (non-hydrogen) atoms. The van der Waals surface area contributed by atoms with E-state index in [0.29, 0.717) is 23.1 Å². The smallest absolute Gasteiger partial charge is 0.509 e. The predicted molar refractivity (Wildman–Crippen MR) is 208 cm³/mol. The third-order valence-electron chi connectivity index (χ3n) is 9.50. The zero-order valence-electron chi connectivity index (χ0n) is 31.5. The maximum atomic E-state index is 6.47. The minimum atomic E-state index is -0.0173. The molecular weight excluding hydrogens is 824 g/mol. The summed E-state index contributed by atoms with van der Waals surface area (Å²) in [5, 5.41) is 7.21. The first-order chi connectivity index (χ1) is 24.4. The standard InChI is InChI=1S/C45H46N4O2.Pt/c1-10-14-30-21-22-46-41(23-30)48-39-18-12-11-17-37(39)38-20-19-36(28-40(38)48)51-35-16-13-15-34(27-35)49-43(50-9)42(29(2)47-49)31-24-32(44(3,4)5)26-33(25-31)45(6,7)8;/h11-13,15-26H,10,14H2,1-9H3;/q-2;+2. The fourth-order valence-corrected chi connectivity index (χ4v) is 6.76. The molecule has 3 aromatic heterocycles. The first-order valence-corrected chi connectivity index (χ1v) is 17.8. The summed E-state index contributed by atoms with van der Waals surface area (Å²) in [5.74, 6) is 2.66. The molecule has 6 nitrogen and oxygen atoms in total. The van der Waals surface area contributed by atoms with Crippen LogP contribution >= 0.6 is 0 Å². The molecule has 0 aliphatic carbocycles. The molecule has 0 aliphatic rings. The fourth-order valence-electron chi connectivity index (χ4n) is 6.76. The Morgan fingerprint density at radius 3 is 2.17 bits per heavy atom. The van der Waals surface area contributed by atoms with E-state index in [9.17, 15) is 0 Å². The fraction of sp³-hybridized carbons (Fsp3) is 0.289. The molecule has 268 valence electrons. The Morgan fingerprint density at radius 2 is 1.48 bits per heavy atom. The van der Waals surface area contributed by atoms with Crippen molar-refractivity contribution in [2.24, 2.45) is 0 Å². The van der Waals surface area contributed by atoms with Gasteiger partial charge in [-0.05, 0) is 75.7 Å². The summed E-state index contributed by atoms with van der Waals surface area (Å²) < 4.78 is 16.6.